The summed E-state index contributed by atoms with van der Waals surface area (Å²) in [4.78, 5) is 36.6. The zero-order chi connectivity index (χ0) is 26.3. The average molecular weight is 520 g/mol. The van der Waals surface area contributed by atoms with Crippen molar-refractivity contribution in [1.82, 2.24) is 19.2 Å². The minimum Gasteiger partial charge on any atom is -0.493 e. The fourth-order valence-corrected chi connectivity index (χ4v) is 6.14. The summed E-state index contributed by atoms with van der Waals surface area (Å²) in [6, 6.07) is 4.47. The van der Waals surface area contributed by atoms with Crippen LogP contribution < -0.4 is 15.2 Å². The Morgan fingerprint density at radius 1 is 1.14 bits per heavy atom. The largest absolute Gasteiger partial charge is 0.493 e. The number of aromatic amines is 1. The number of aliphatic hydroxyl groups is 1. The number of nitrogens with one attached hydrogen (secondary N) is 1. The molecule has 1 saturated heterocycles. The van der Waals surface area contributed by atoms with Crippen LogP contribution in [-0.4, -0.2) is 84.5 Å². The Morgan fingerprint density at radius 3 is 2.44 bits per heavy atom. The van der Waals surface area contributed by atoms with E-state index in [2.05, 4.69) is 14.9 Å². The van der Waals surface area contributed by atoms with Crippen LogP contribution in [-0.2, 0) is 20.4 Å². The molecule has 12 heteroatoms. The highest BCUT2D eigenvalue weighted by atomic mass is 32.2. The number of rotatable bonds is 8. The number of sulfonamides is 1. The first kappa shape index (κ1) is 26.3. The molecule has 1 aromatic carbocycles. The van der Waals surface area contributed by atoms with Gasteiger partial charge in [0.1, 0.15) is 23.0 Å². The minimum absolute atomic E-state index is 0.0571. The number of hydrogen-bond donors (Lipinski definition) is 2. The summed E-state index contributed by atoms with van der Waals surface area (Å²) in [5, 5.41) is 10.8. The predicted molar refractivity (Wildman–Crippen MR) is 135 cm³/mol. The summed E-state index contributed by atoms with van der Waals surface area (Å²) in [5.74, 6) is -0.158. The first-order chi connectivity index (χ1) is 17.1. The first-order valence-corrected chi connectivity index (χ1v) is 13.7. The normalized spacial score (nSPS) is 21.1. The number of hydrogen-bond acceptors (Lipinski definition) is 8. The number of likely N-dealkylation sites (N-methyl/N-ethyl adjacent to an activating group) is 1. The van der Waals surface area contributed by atoms with Crippen molar-refractivity contribution in [3.63, 3.8) is 0 Å². The third-order valence-corrected chi connectivity index (χ3v) is 8.57. The molecular formula is C24H33N5O6S. The lowest BCUT2D eigenvalue weighted by molar-refractivity contribution is -0.134. The van der Waals surface area contributed by atoms with Crippen molar-refractivity contribution in [2.24, 2.45) is 0 Å². The molecule has 2 aliphatic heterocycles. The van der Waals surface area contributed by atoms with Crippen molar-refractivity contribution < 1.29 is 23.1 Å². The molecule has 0 spiro atoms. The Kier molecular flexibility index (Phi) is 7.24. The standard InChI is InChI=1S/C24H33N5O6S/c1-5-10-29-21-19(24(4,32)23(29)31)22(30)26-20(25-21)17-15-16(8-9-18(17)35-7-3)36(33,34)28-13-11-27(6-2)12-14-28/h8-9,15,32H,5-7,10-14H2,1-4H3,(H,25,26,30). The maximum absolute atomic E-state index is 13.4. The Bertz CT molecular complexity index is 1310. The number of benzene rings is 1. The average Bonchev–Trinajstić information content (AvgIpc) is 3.05. The molecule has 2 N–H and O–H groups in total. The van der Waals surface area contributed by atoms with E-state index in [1.165, 1.54) is 28.3 Å². The zero-order valence-electron chi connectivity index (χ0n) is 21.1. The van der Waals surface area contributed by atoms with Gasteiger partial charge in [-0.25, -0.2) is 13.4 Å². The van der Waals surface area contributed by atoms with Crippen molar-refractivity contribution >= 4 is 21.7 Å². The second-order valence-corrected chi connectivity index (χ2v) is 11.0. The van der Waals surface area contributed by atoms with Gasteiger partial charge in [0, 0.05) is 32.7 Å². The van der Waals surface area contributed by atoms with Gasteiger partial charge in [-0.05, 0) is 45.0 Å². The van der Waals surface area contributed by atoms with Gasteiger partial charge in [-0.3, -0.25) is 14.5 Å². The molecule has 2 aromatic rings. The molecule has 2 aliphatic rings. The second-order valence-electron chi connectivity index (χ2n) is 9.07. The lowest BCUT2D eigenvalue weighted by Gasteiger charge is -2.33. The van der Waals surface area contributed by atoms with Crippen LogP contribution in [0.5, 0.6) is 5.75 Å². The van der Waals surface area contributed by atoms with Gasteiger partial charge >= 0.3 is 0 Å². The van der Waals surface area contributed by atoms with Crippen molar-refractivity contribution in [3.05, 3.63) is 34.1 Å². The number of aromatic nitrogens is 2. The van der Waals surface area contributed by atoms with Gasteiger partial charge in [-0.15, -0.1) is 0 Å². The number of piperazine rings is 1. The van der Waals surface area contributed by atoms with Crippen molar-refractivity contribution in [2.45, 2.75) is 44.6 Å². The van der Waals surface area contributed by atoms with Crippen LogP contribution in [0.2, 0.25) is 0 Å². The fourth-order valence-electron chi connectivity index (χ4n) is 4.69. The van der Waals surface area contributed by atoms with Gasteiger partial charge in [0.15, 0.2) is 5.60 Å². The van der Waals surface area contributed by atoms with Gasteiger partial charge < -0.3 is 19.7 Å². The molecule has 1 aromatic heterocycles. The van der Waals surface area contributed by atoms with E-state index in [0.29, 0.717) is 45.0 Å². The molecule has 3 heterocycles. The van der Waals surface area contributed by atoms with E-state index in [4.69, 9.17) is 4.74 Å². The number of carbonyl (C=O) groups excluding carboxylic acids is 1. The highest BCUT2D eigenvalue weighted by Crippen LogP contribution is 2.39. The fraction of sp³-hybridized carbons (Fsp3) is 0.542. The number of fused-ring (bicyclic) bond motifs is 1. The number of anilines is 1. The lowest BCUT2D eigenvalue weighted by Crippen LogP contribution is -2.48. The molecule has 4 rings (SSSR count). The second kappa shape index (κ2) is 9.92. The topological polar surface area (TPSA) is 136 Å². The van der Waals surface area contributed by atoms with Crippen LogP contribution in [0, 0.1) is 0 Å². The summed E-state index contributed by atoms with van der Waals surface area (Å²) in [5.41, 5.74) is -2.52. The summed E-state index contributed by atoms with van der Waals surface area (Å²) in [7, 11) is -3.80. The van der Waals surface area contributed by atoms with Crippen molar-refractivity contribution in [2.75, 3.05) is 50.8 Å². The molecule has 0 bridgehead atoms. The molecule has 1 unspecified atom stereocenters. The Morgan fingerprint density at radius 2 is 1.83 bits per heavy atom. The van der Waals surface area contributed by atoms with E-state index < -0.39 is 27.1 Å². The van der Waals surface area contributed by atoms with E-state index in [1.807, 2.05) is 13.8 Å². The van der Waals surface area contributed by atoms with Crippen LogP contribution in [0.25, 0.3) is 11.4 Å². The van der Waals surface area contributed by atoms with Crippen molar-refractivity contribution in [1.29, 1.82) is 0 Å². The zero-order valence-corrected chi connectivity index (χ0v) is 21.9. The van der Waals surface area contributed by atoms with E-state index in [9.17, 15) is 23.1 Å². The molecule has 0 aliphatic carbocycles. The van der Waals surface area contributed by atoms with E-state index >= 15 is 0 Å². The monoisotopic (exact) mass is 519 g/mol. The lowest BCUT2D eigenvalue weighted by atomic mass is 10.0. The van der Waals surface area contributed by atoms with Crippen LogP contribution >= 0.6 is 0 Å². The van der Waals surface area contributed by atoms with Gasteiger partial charge in [0.2, 0.25) is 10.0 Å². The van der Waals surface area contributed by atoms with Crippen LogP contribution in [0.3, 0.4) is 0 Å². The number of nitrogens with zero attached hydrogens (tertiary/aromatic N) is 4. The van der Waals surface area contributed by atoms with Crippen molar-refractivity contribution in [3.8, 4) is 17.1 Å². The third kappa shape index (κ3) is 4.42. The van der Waals surface area contributed by atoms with Gasteiger partial charge in [-0.2, -0.15) is 4.31 Å². The predicted octanol–water partition coefficient (Wildman–Crippen LogP) is 1.13. The SMILES string of the molecule is CCCN1C(=O)C(C)(O)c2c1nc(-c1cc(S(=O)(=O)N3CCN(CC)CC3)ccc1OCC)[nH]c2=O. The highest BCUT2D eigenvalue weighted by Gasteiger charge is 2.49. The third-order valence-electron chi connectivity index (χ3n) is 6.67. The Balaban J connectivity index is 1.82. The number of H-pyrrole nitrogens is 1. The molecule has 36 heavy (non-hydrogen) atoms. The van der Waals surface area contributed by atoms with E-state index in [1.54, 1.807) is 13.0 Å². The molecule has 1 fully saturated rings. The maximum Gasteiger partial charge on any atom is 0.264 e. The smallest absolute Gasteiger partial charge is 0.264 e. The summed E-state index contributed by atoms with van der Waals surface area (Å²) >= 11 is 0. The molecule has 11 nitrogen and oxygen atoms in total. The van der Waals surface area contributed by atoms with Crippen LogP contribution in [0.15, 0.2) is 27.9 Å². The van der Waals surface area contributed by atoms with E-state index in [0.717, 1.165) is 6.54 Å². The molecular weight excluding hydrogens is 486 g/mol. The Hall–Kier alpha value is -2.80. The van der Waals surface area contributed by atoms with Crippen LogP contribution in [0.4, 0.5) is 5.82 Å². The molecule has 1 amide bonds. The van der Waals surface area contributed by atoms with Gasteiger partial charge in [0.25, 0.3) is 11.5 Å². The van der Waals surface area contributed by atoms with E-state index in [-0.39, 0.29) is 34.2 Å². The highest BCUT2D eigenvalue weighted by molar-refractivity contribution is 7.89. The molecule has 0 radical (unpaired) electrons. The summed E-state index contributed by atoms with van der Waals surface area (Å²) in [6.07, 6.45) is 0.592. The molecule has 196 valence electrons. The maximum atomic E-state index is 13.4. The number of carbonyl (C=O) groups is 1. The summed E-state index contributed by atoms with van der Waals surface area (Å²) in [6.45, 7) is 10.5. The number of amides is 1. The summed E-state index contributed by atoms with van der Waals surface area (Å²) < 4.78 is 34.1. The quantitative estimate of drug-likeness (QED) is 0.530. The minimum atomic E-state index is -3.80. The van der Waals surface area contributed by atoms with Gasteiger partial charge in [0.05, 0.1) is 17.1 Å². The molecule has 1 atom stereocenters. The van der Waals surface area contributed by atoms with Gasteiger partial charge in [-0.1, -0.05) is 13.8 Å². The first-order valence-electron chi connectivity index (χ1n) is 12.2. The Labute approximate surface area is 210 Å². The molecule has 0 saturated carbocycles. The number of ether oxygens (including phenoxy) is 1. The van der Waals surface area contributed by atoms with Crippen LogP contribution in [0.1, 0.15) is 39.7 Å².